The van der Waals surface area contributed by atoms with Gasteiger partial charge in [0.1, 0.15) is 0 Å². The van der Waals surface area contributed by atoms with Gasteiger partial charge in [0.2, 0.25) is 0 Å². The van der Waals surface area contributed by atoms with Crippen LogP contribution in [-0.2, 0) is 0 Å². The van der Waals surface area contributed by atoms with Crippen molar-refractivity contribution in [1.82, 2.24) is 10.6 Å². The number of nitrogens with one attached hydrogen (secondary N) is 2. The van der Waals surface area contributed by atoms with Crippen molar-refractivity contribution in [3.8, 4) is 0 Å². The molecule has 2 rings (SSSR count). The van der Waals surface area contributed by atoms with E-state index in [2.05, 4.69) is 59.2 Å². The van der Waals surface area contributed by atoms with Crippen molar-refractivity contribution >= 4 is 0 Å². The summed E-state index contributed by atoms with van der Waals surface area (Å²) in [6, 6.07) is 21.6. The van der Waals surface area contributed by atoms with Gasteiger partial charge in [-0.25, -0.2) is 0 Å². The molecule has 2 aromatic rings. The second-order valence-corrected chi connectivity index (χ2v) is 4.35. The summed E-state index contributed by atoms with van der Waals surface area (Å²) < 4.78 is 0. The molecule has 0 spiro atoms. The number of rotatable bonds is 5. The Hall–Kier alpha value is -1.64. The van der Waals surface area contributed by atoms with Crippen molar-refractivity contribution in [3.63, 3.8) is 0 Å². The average Bonchev–Trinajstić information content (AvgIpc) is 2.46. The van der Waals surface area contributed by atoms with Crippen LogP contribution in [0.5, 0.6) is 0 Å². The van der Waals surface area contributed by atoms with Gasteiger partial charge < -0.3 is 10.6 Å². The topological polar surface area (TPSA) is 24.1 Å². The second-order valence-electron chi connectivity index (χ2n) is 4.35. The molecule has 0 heterocycles. The Kier molecular flexibility index (Phi) is 4.51. The van der Waals surface area contributed by atoms with Crippen molar-refractivity contribution in [3.05, 3.63) is 71.8 Å². The van der Waals surface area contributed by atoms with Crippen molar-refractivity contribution in [2.45, 2.75) is 12.1 Å². The highest BCUT2D eigenvalue weighted by molar-refractivity contribution is 5.27. The molecule has 2 atom stereocenters. The van der Waals surface area contributed by atoms with Crippen LogP contribution in [0.1, 0.15) is 23.2 Å². The Morgan fingerprint density at radius 1 is 0.611 bits per heavy atom. The third-order valence-corrected chi connectivity index (χ3v) is 3.27. The van der Waals surface area contributed by atoms with E-state index in [1.807, 2.05) is 26.2 Å². The summed E-state index contributed by atoms with van der Waals surface area (Å²) >= 11 is 0. The normalized spacial score (nSPS) is 14.1. The lowest BCUT2D eigenvalue weighted by Crippen LogP contribution is -2.31. The number of hydrogen-bond donors (Lipinski definition) is 2. The van der Waals surface area contributed by atoms with Gasteiger partial charge in [-0.1, -0.05) is 60.7 Å². The van der Waals surface area contributed by atoms with Gasteiger partial charge in [0.15, 0.2) is 0 Å². The van der Waals surface area contributed by atoms with Gasteiger partial charge in [0.05, 0.1) is 12.1 Å². The minimum Gasteiger partial charge on any atom is -0.311 e. The van der Waals surface area contributed by atoms with Crippen LogP contribution in [-0.4, -0.2) is 14.1 Å². The summed E-state index contributed by atoms with van der Waals surface area (Å²) in [4.78, 5) is 0. The molecule has 0 aliphatic heterocycles. The van der Waals surface area contributed by atoms with Crippen LogP contribution in [0.3, 0.4) is 0 Å². The highest BCUT2D eigenvalue weighted by Gasteiger charge is 2.21. The van der Waals surface area contributed by atoms with Gasteiger partial charge in [-0.2, -0.15) is 0 Å². The van der Waals surface area contributed by atoms with Crippen molar-refractivity contribution in [2.24, 2.45) is 0 Å². The van der Waals surface area contributed by atoms with Crippen LogP contribution < -0.4 is 10.6 Å². The quantitative estimate of drug-likeness (QED) is 0.839. The van der Waals surface area contributed by atoms with Crippen molar-refractivity contribution < 1.29 is 0 Å². The van der Waals surface area contributed by atoms with E-state index < -0.39 is 0 Å². The molecule has 0 saturated heterocycles. The molecule has 2 N–H and O–H groups in total. The third kappa shape index (κ3) is 2.78. The molecule has 18 heavy (non-hydrogen) atoms. The van der Waals surface area contributed by atoms with E-state index >= 15 is 0 Å². The molecule has 0 radical (unpaired) electrons. The predicted octanol–water partition coefficient (Wildman–Crippen LogP) is 2.91. The SMILES string of the molecule is CNC(c1ccccc1)[C@H](NC)c1ccccc1. The van der Waals surface area contributed by atoms with Gasteiger partial charge >= 0.3 is 0 Å². The lowest BCUT2D eigenvalue weighted by molar-refractivity contribution is 0.432. The standard InChI is InChI=1S/C16H20N2/c1-17-15(13-9-5-3-6-10-13)16(18-2)14-11-7-4-8-12-14/h3-12,15-18H,1-2H3/t15-,16?/m1/s1. The van der Waals surface area contributed by atoms with Gasteiger partial charge in [-0.15, -0.1) is 0 Å². The zero-order chi connectivity index (χ0) is 12.8. The lowest BCUT2D eigenvalue weighted by atomic mass is 9.93. The van der Waals surface area contributed by atoms with Gasteiger partial charge in [0.25, 0.3) is 0 Å². The van der Waals surface area contributed by atoms with Crippen LogP contribution in [0.2, 0.25) is 0 Å². The molecule has 1 unspecified atom stereocenters. The zero-order valence-electron chi connectivity index (χ0n) is 10.9. The summed E-state index contributed by atoms with van der Waals surface area (Å²) in [5.41, 5.74) is 2.59. The number of benzene rings is 2. The molecule has 0 bridgehead atoms. The van der Waals surface area contributed by atoms with Crippen LogP contribution in [0.4, 0.5) is 0 Å². The first kappa shape index (κ1) is 12.8. The molecular formula is C16H20N2. The molecule has 0 aromatic heterocycles. The highest BCUT2D eigenvalue weighted by Crippen LogP contribution is 2.27. The van der Waals surface area contributed by atoms with E-state index in [-0.39, 0.29) is 12.1 Å². The summed E-state index contributed by atoms with van der Waals surface area (Å²) in [6.45, 7) is 0. The number of hydrogen-bond acceptors (Lipinski definition) is 2. The van der Waals surface area contributed by atoms with Crippen molar-refractivity contribution in [2.75, 3.05) is 14.1 Å². The first-order chi connectivity index (χ1) is 8.86. The lowest BCUT2D eigenvalue weighted by Gasteiger charge is -2.27. The maximum atomic E-state index is 3.41. The first-order valence-corrected chi connectivity index (χ1v) is 6.31. The van der Waals surface area contributed by atoms with Crippen LogP contribution in [0, 0.1) is 0 Å². The van der Waals surface area contributed by atoms with Gasteiger partial charge in [0, 0.05) is 0 Å². The second kappa shape index (κ2) is 6.34. The smallest absolute Gasteiger partial charge is 0.0515 e. The van der Waals surface area contributed by atoms with Crippen LogP contribution in [0.15, 0.2) is 60.7 Å². The molecule has 2 aromatic carbocycles. The Bertz CT molecular complexity index is 408. The molecule has 94 valence electrons. The molecule has 2 nitrogen and oxygen atoms in total. The number of likely N-dealkylation sites (N-methyl/N-ethyl adjacent to an activating group) is 2. The minimum absolute atomic E-state index is 0.263. The van der Waals surface area contributed by atoms with Gasteiger partial charge in [-0.05, 0) is 25.2 Å². The molecule has 0 saturated carbocycles. The van der Waals surface area contributed by atoms with Gasteiger partial charge in [-0.3, -0.25) is 0 Å². The zero-order valence-corrected chi connectivity index (χ0v) is 10.9. The molecule has 0 fully saturated rings. The molecule has 2 heteroatoms. The van der Waals surface area contributed by atoms with Crippen LogP contribution >= 0.6 is 0 Å². The molecule has 0 aliphatic rings. The monoisotopic (exact) mass is 240 g/mol. The van der Waals surface area contributed by atoms with E-state index in [1.165, 1.54) is 11.1 Å². The summed E-state index contributed by atoms with van der Waals surface area (Å²) in [7, 11) is 4.01. The fraction of sp³-hybridized carbons (Fsp3) is 0.250. The Balaban J connectivity index is 2.31. The third-order valence-electron chi connectivity index (χ3n) is 3.27. The van der Waals surface area contributed by atoms with E-state index in [0.717, 1.165) is 0 Å². The van der Waals surface area contributed by atoms with E-state index in [0.29, 0.717) is 0 Å². The van der Waals surface area contributed by atoms with E-state index in [1.54, 1.807) is 0 Å². The summed E-state index contributed by atoms with van der Waals surface area (Å²) in [6.07, 6.45) is 0. The molecule has 0 amide bonds. The predicted molar refractivity (Wildman–Crippen MR) is 76.5 cm³/mol. The summed E-state index contributed by atoms with van der Waals surface area (Å²) in [5.74, 6) is 0. The largest absolute Gasteiger partial charge is 0.311 e. The highest BCUT2D eigenvalue weighted by atomic mass is 15.0. The molecule has 0 aliphatic carbocycles. The maximum absolute atomic E-state index is 3.41. The maximum Gasteiger partial charge on any atom is 0.0515 e. The Morgan fingerprint density at radius 2 is 0.944 bits per heavy atom. The Labute approximate surface area is 109 Å². The van der Waals surface area contributed by atoms with E-state index in [9.17, 15) is 0 Å². The van der Waals surface area contributed by atoms with E-state index in [4.69, 9.17) is 0 Å². The summed E-state index contributed by atoms with van der Waals surface area (Å²) in [5, 5.41) is 6.81. The van der Waals surface area contributed by atoms with Crippen molar-refractivity contribution in [1.29, 1.82) is 0 Å². The Morgan fingerprint density at radius 3 is 1.22 bits per heavy atom. The first-order valence-electron chi connectivity index (χ1n) is 6.31. The molecular weight excluding hydrogens is 220 g/mol. The minimum atomic E-state index is 0.263. The fourth-order valence-corrected chi connectivity index (χ4v) is 2.37. The fourth-order valence-electron chi connectivity index (χ4n) is 2.37. The van der Waals surface area contributed by atoms with Crippen LogP contribution in [0.25, 0.3) is 0 Å². The average molecular weight is 240 g/mol.